The molecule has 216 valence electrons. The molecule has 0 spiro atoms. The maximum atomic E-state index is 13.4. The lowest BCUT2D eigenvalue weighted by atomic mass is 10.2. The third-order valence-electron chi connectivity index (χ3n) is 7.09. The molecule has 0 radical (unpaired) electrons. The van der Waals surface area contributed by atoms with Crippen LogP contribution in [0.1, 0.15) is 58.3 Å². The Bertz CT molecular complexity index is 1430. The number of alkyl halides is 1. The summed E-state index contributed by atoms with van der Waals surface area (Å²) in [5, 5.41) is 6.51. The van der Waals surface area contributed by atoms with Gasteiger partial charge in [-0.15, -0.1) is 11.6 Å². The van der Waals surface area contributed by atoms with Crippen molar-refractivity contribution in [3.63, 3.8) is 0 Å². The number of hydrogen-bond acceptors (Lipinski definition) is 8. The van der Waals surface area contributed by atoms with Crippen molar-refractivity contribution >= 4 is 45.8 Å². The molecule has 1 aromatic heterocycles. The van der Waals surface area contributed by atoms with Crippen molar-refractivity contribution in [2.24, 2.45) is 0 Å². The molecule has 2 aromatic carbocycles. The Kier molecular flexibility index (Phi) is 8.65. The van der Waals surface area contributed by atoms with E-state index in [4.69, 9.17) is 25.8 Å². The number of likely N-dealkylation sites (tertiary alicyclic amines) is 1. The molecule has 0 unspecified atom stereocenters. The first-order chi connectivity index (χ1) is 19.8. The van der Waals surface area contributed by atoms with E-state index >= 15 is 0 Å². The molecule has 3 aromatic rings. The summed E-state index contributed by atoms with van der Waals surface area (Å²) < 4.78 is 16.2. The summed E-state index contributed by atoms with van der Waals surface area (Å²) in [6.07, 6.45) is 2.09. The predicted octanol–water partition coefficient (Wildman–Crippen LogP) is 5.27. The van der Waals surface area contributed by atoms with Gasteiger partial charge >= 0.3 is 6.09 Å². The highest BCUT2D eigenvalue weighted by molar-refractivity contribution is 7.16. The molecule has 41 heavy (non-hydrogen) atoms. The third kappa shape index (κ3) is 6.57. The van der Waals surface area contributed by atoms with Gasteiger partial charge in [0.25, 0.3) is 5.91 Å². The van der Waals surface area contributed by atoms with Gasteiger partial charge in [-0.05, 0) is 43.4 Å². The van der Waals surface area contributed by atoms with Crippen LogP contribution in [-0.4, -0.2) is 53.4 Å². The molecule has 12 heteroatoms. The fraction of sp³-hybridized carbons (Fsp3) is 0.379. The molecule has 2 N–H and O–H groups in total. The number of anilines is 1. The lowest BCUT2D eigenvalue weighted by molar-refractivity contribution is -0.116. The van der Waals surface area contributed by atoms with E-state index in [0.717, 1.165) is 17.5 Å². The molecule has 1 aliphatic heterocycles. The Balaban J connectivity index is 1.34. The van der Waals surface area contributed by atoms with Crippen LogP contribution in [-0.2, 0) is 22.7 Å². The Hall–Kier alpha value is -3.83. The van der Waals surface area contributed by atoms with Crippen LogP contribution in [0.5, 0.6) is 11.5 Å². The van der Waals surface area contributed by atoms with Crippen LogP contribution in [0.3, 0.4) is 0 Å². The van der Waals surface area contributed by atoms with E-state index in [0.29, 0.717) is 47.3 Å². The number of ether oxygens (including phenoxy) is 3. The molecule has 3 amide bonds. The molecule has 1 atom stereocenters. The molecule has 2 heterocycles. The lowest BCUT2D eigenvalue weighted by Gasteiger charge is -2.22. The third-order valence-corrected chi connectivity index (χ3v) is 8.71. The average molecular weight is 599 g/mol. The van der Waals surface area contributed by atoms with Crippen LogP contribution in [0.15, 0.2) is 48.5 Å². The van der Waals surface area contributed by atoms with Crippen LogP contribution in [0.2, 0.25) is 0 Å². The number of carbonyl (C=O) groups is 3. The smallest absolute Gasteiger partial charge is 0.410 e. The van der Waals surface area contributed by atoms with E-state index in [1.807, 2.05) is 30.3 Å². The van der Waals surface area contributed by atoms with Gasteiger partial charge in [-0.3, -0.25) is 14.5 Å². The second-order valence-corrected chi connectivity index (χ2v) is 11.7. The van der Waals surface area contributed by atoms with Crippen molar-refractivity contribution in [3.8, 4) is 11.5 Å². The summed E-state index contributed by atoms with van der Waals surface area (Å²) in [5.41, 5.74) is 1.69. The van der Waals surface area contributed by atoms with Crippen LogP contribution >= 0.6 is 22.9 Å². The van der Waals surface area contributed by atoms with Crippen molar-refractivity contribution in [3.05, 3.63) is 70.4 Å². The van der Waals surface area contributed by atoms with Gasteiger partial charge < -0.3 is 24.8 Å². The van der Waals surface area contributed by atoms with E-state index in [1.54, 1.807) is 37.3 Å². The quantitative estimate of drug-likeness (QED) is 0.305. The standard InChI is InChI=1S/C29H31ClN4O6S/c1-38-20-11-10-19(22(15-20)39-2)16-31-24(35)23-26(33-27(36)29(30)12-13-29)41-25(32-23)21-9-6-14-34(21)28(37)40-17-18-7-4-3-5-8-18/h3-5,7-8,10-11,15,21H,6,9,12-14,16-17H2,1-2H3,(H,31,35)(H,33,36)/t21-/m1/s1. The van der Waals surface area contributed by atoms with Gasteiger partial charge in [0.2, 0.25) is 5.91 Å². The minimum absolute atomic E-state index is 0.0660. The number of benzene rings is 2. The fourth-order valence-electron chi connectivity index (χ4n) is 4.57. The molecule has 0 bridgehead atoms. The zero-order valence-corrected chi connectivity index (χ0v) is 24.3. The van der Waals surface area contributed by atoms with E-state index in [1.165, 1.54) is 11.3 Å². The predicted molar refractivity (Wildman–Crippen MR) is 155 cm³/mol. The highest BCUT2D eigenvalue weighted by atomic mass is 35.5. The molecule has 2 fully saturated rings. The molecule has 5 rings (SSSR count). The molecule has 10 nitrogen and oxygen atoms in total. The minimum Gasteiger partial charge on any atom is -0.497 e. The van der Waals surface area contributed by atoms with Gasteiger partial charge in [0.1, 0.15) is 33.0 Å². The summed E-state index contributed by atoms with van der Waals surface area (Å²) in [4.78, 5) is 44.5. The Morgan fingerprint density at radius 2 is 1.90 bits per heavy atom. The lowest BCUT2D eigenvalue weighted by Crippen LogP contribution is -2.31. The van der Waals surface area contributed by atoms with Crippen LogP contribution in [0, 0.1) is 0 Å². The van der Waals surface area contributed by atoms with Crippen LogP contribution in [0.25, 0.3) is 0 Å². The maximum Gasteiger partial charge on any atom is 0.410 e. The van der Waals surface area contributed by atoms with Crippen molar-refractivity contribution in [2.75, 3.05) is 26.1 Å². The molecule has 1 saturated heterocycles. The van der Waals surface area contributed by atoms with Gasteiger partial charge in [0, 0.05) is 24.7 Å². The highest BCUT2D eigenvalue weighted by Gasteiger charge is 2.48. The number of carbonyl (C=O) groups excluding carboxylic acids is 3. The van der Waals surface area contributed by atoms with Crippen molar-refractivity contribution in [1.29, 1.82) is 0 Å². The summed E-state index contributed by atoms with van der Waals surface area (Å²) in [5.74, 6) is 0.345. The summed E-state index contributed by atoms with van der Waals surface area (Å²) >= 11 is 7.51. The minimum atomic E-state index is -0.963. The average Bonchev–Trinajstić information content (AvgIpc) is 3.37. The molecular weight excluding hydrogens is 568 g/mol. The van der Waals surface area contributed by atoms with Crippen molar-refractivity contribution in [1.82, 2.24) is 15.2 Å². The number of halogens is 1. The monoisotopic (exact) mass is 598 g/mol. The topological polar surface area (TPSA) is 119 Å². The molecular formula is C29H31ClN4O6S. The number of hydrogen-bond donors (Lipinski definition) is 2. The van der Waals surface area contributed by atoms with E-state index < -0.39 is 16.9 Å². The first kappa shape index (κ1) is 28.7. The maximum absolute atomic E-state index is 13.4. The summed E-state index contributed by atoms with van der Waals surface area (Å²) in [6.45, 7) is 0.818. The Labute approximate surface area is 246 Å². The zero-order valence-electron chi connectivity index (χ0n) is 22.8. The number of thiazole rings is 1. The van der Waals surface area contributed by atoms with Crippen LogP contribution in [0.4, 0.5) is 9.80 Å². The molecule has 2 aliphatic rings. The number of aromatic nitrogens is 1. The van der Waals surface area contributed by atoms with E-state index in [-0.39, 0.29) is 30.8 Å². The largest absolute Gasteiger partial charge is 0.497 e. The van der Waals surface area contributed by atoms with Crippen molar-refractivity contribution < 1.29 is 28.6 Å². The number of methoxy groups -OCH3 is 2. The SMILES string of the molecule is COc1ccc(CNC(=O)c2nc([C@H]3CCCN3C(=O)OCc3ccccc3)sc2NC(=O)C2(Cl)CC2)c(OC)c1. The first-order valence-corrected chi connectivity index (χ1v) is 14.5. The van der Waals surface area contributed by atoms with E-state index in [9.17, 15) is 14.4 Å². The number of amides is 3. The van der Waals surface area contributed by atoms with Gasteiger partial charge in [-0.2, -0.15) is 0 Å². The zero-order chi connectivity index (χ0) is 29.0. The normalized spacial score (nSPS) is 17.0. The fourth-order valence-corrected chi connectivity index (χ4v) is 5.82. The van der Waals surface area contributed by atoms with E-state index in [2.05, 4.69) is 15.6 Å². The number of rotatable bonds is 10. The van der Waals surface area contributed by atoms with Gasteiger partial charge in [0.15, 0.2) is 5.69 Å². The highest BCUT2D eigenvalue weighted by Crippen LogP contribution is 2.44. The second-order valence-electron chi connectivity index (χ2n) is 9.90. The Morgan fingerprint density at radius 3 is 2.61 bits per heavy atom. The number of nitrogens with zero attached hydrogens (tertiary/aromatic N) is 2. The first-order valence-electron chi connectivity index (χ1n) is 13.3. The summed E-state index contributed by atoms with van der Waals surface area (Å²) in [6, 6.07) is 14.4. The van der Waals surface area contributed by atoms with Crippen LogP contribution < -0.4 is 20.1 Å². The summed E-state index contributed by atoms with van der Waals surface area (Å²) in [7, 11) is 3.10. The Morgan fingerprint density at radius 1 is 1.12 bits per heavy atom. The molecule has 1 aliphatic carbocycles. The van der Waals surface area contributed by atoms with Gasteiger partial charge in [-0.25, -0.2) is 9.78 Å². The van der Waals surface area contributed by atoms with Gasteiger partial charge in [-0.1, -0.05) is 41.7 Å². The number of nitrogens with one attached hydrogen (secondary N) is 2. The molecule has 1 saturated carbocycles. The van der Waals surface area contributed by atoms with Crippen molar-refractivity contribution in [2.45, 2.75) is 49.8 Å². The van der Waals surface area contributed by atoms with Gasteiger partial charge in [0.05, 0.1) is 20.3 Å². The second kappa shape index (κ2) is 12.4.